The van der Waals surface area contributed by atoms with Gasteiger partial charge in [-0.15, -0.1) is 6.58 Å². The standard InChI is InChI=1S/C12H18O2/c1-5-8-7-9(6-2)11-10(8)13-12(3,4)14-11/h5,7-8,10-11H,1,6H2,2-4H3/t8-,10+,11-/m1/s1. The molecule has 1 saturated heterocycles. The minimum atomic E-state index is -0.439. The first-order valence-corrected chi connectivity index (χ1v) is 5.26. The molecular formula is C12H18O2. The summed E-state index contributed by atoms with van der Waals surface area (Å²) in [6, 6.07) is 0. The summed E-state index contributed by atoms with van der Waals surface area (Å²) < 4.78 is 11.7. The maximum absolute atomic E-state index is 5.87. The smallest absolute Gasteiger partial charge is 0.164 e. The lowest BCUT2D eigenvalue weighted by Crippen LogP contribution is -2.24. The van der Waals surface area contributed by atoms with Crippen LogP contribution in [-0.4, -0.2) is 18.0 Å². The highest BCUT2D eigenvalue weighted by Crippen LogP contribution is 2.42. The first-order valence-electron chi connectivity index (χ1n) is 5.26. The van der Waals surface area contributed by atoms with Crippen molar-refractivity contribution in [3.05, 3.63) is 24.3 Å². The Labute approximate surface area is 85.6 Å². The van der Waals surface area contributed by atoms with Crippen molar-refractivity contribution in [2.75, 3.05) is 0 Å². The van der Waals surface area contributed by atoms with Gasteiger partial charge in [-0.25, -0.2) is 0 Å². The van der Waals surface area contributed by atoms with E-state index in [2.05, 4.69) is 19.6 Å². The Balaban J connectivity index is 2.23. The van der Waals surface area contributed by atoms with E-state index in [1.165, 1.54) is 5.57 Å². The van der Waals surface area contributed by atoms with E-state index in [-0.39, 0.29) is 12.2 Å². The van der Waals surface area contributed by atoms with Crippen LogP contribution >= 0.6 is 0 Å². The summed E-state index contributed by atoms with van der Waals surface area (Å²) >= 11 is 0. The van der Waals surface area contributed by atoms with Crippen LogP contribution in [0.4, 0.5) is 0 Å². The zero-order chi connectivity index (χ0) is 10.3. The molecular weight excluding hydrogens is 176 g/mol. The lowest BCUT2D eigenvalue weighted by atomic mass is 10.1. The summed E-state index contributed by atoms with van der Waals surface area (Å²) in [5.41, 5.74) is 1.35. The van der Waals surface area contributed by atoms with Crippen molar-refractivity contribution in [3.8, 4) is 0 Å². The lowest BCUT2D eigenvalue weighted by Gasteiger charge is -2.19. The molecule has 1 aliphatic heterocycles. The highest BCUT2D eigenvalue weighted by atomic mass is 16.8. The third-order valence-corrected chi connectivity index (χ3v) is 2.96. The summed E-state index contributed by atoms with van der Waals surface area (Å²) in [7, 11) is 0. The first-order chi connectivity index (χ1) is 6.57. The molecule has 0 aromatic carbocycles. The average Bonchev–Trinajstić information content (AvgIpc) is 2.57. The Morgan fingerprint density at radius 1 is 1.50 bits per heavy atom. The monoisotopic (exact) mass is 194 g/mol. The molecule has 2 aliphatic rings. The summed E-state index contributed by atoms with van der Waals surface area (Å²) in [4.78, 5) is 0. The Morgan fingerprint density at radius 2 is 2.21 bits per heavy atom. The third-order valence-electron chi connectivity index (χ3n) is 2.96. The van der Waals surface area contributed by atoms with Gasteiger partial charge in [0.1, 0.15) is 12.2 Å². The molecule has 78 valence electrons. The van der Waals surface area contributed by atoms with Gasteiger partial charge < -0.3 is 9.47 Å². The second-order valence-electron chi connectivity index (χ2n) is 4.43. The second-order valence-corrected chi connectivity index (χ2v) is 4.43. The fourth-order valence-electron chi connectivity index (χ4n) is 2.32. The zero-order valence-electron chi connectivity index (χ0n) is 9.12. The van der Waals surface area contributed by atoms with Crippen molar-refractivity contribution in [1.82, 2.24) is 0 Å². The maximum Gasteiger partial charge on any atom is 0.164 e. The van der Waals surface area contributed by atoms with Gasteiger partial charge in [-0.1, -0.05) is 19.1 Å². The average molecular weight is 194 g/mol. The molecule has 0 saturated carbocycles. The van der Waals surface area contributed by atoms with Crippen LogP contribution in [-0.2, 0) is 9.47 Å². The molecule has 0 aromatic heterocycles. The number of hydrogen-bond acceptors (Lipinski definition) is 2. The molecule has 1 heterocycles. The minimum Gasteiger partial charge on any atom is -0.343 e. The molecule has 0 spiro atoms. The topological polar surface area (TPSA) is 18.5 Å². The van der Waals surface area contributed by atoms with Crippen LogP contribution in [0.5, 0.6) is 0 Å². The van der Waals surface area contributed by atoms with E-state index >= 15 is 0 Å². The molecule has 0 radical (unpaired) electrons. The molecule has 0 amide bonds. The summed E-state index contributed by atoms with van der Waals surface area (Å²) in [6.07, 6.45) is 5.52. The molecule has 2 nitrogen and oxygen atoms in total. The quantitative estimate of drug-likeness (QED) is 0.629. The fourth-order valence-corrected chi connectivity index (χ4v) is 2.32. The number of rotatable bonds is 2. The van der Waals surface area contributed by atoms with Crippen LogP contribution < -0.4 is 0 Å². The van der Waals surface area contributed by atoms with Crippen molar-refractivity contribution in [1.29, 1.82) is 0 Å². The lowest BCUT2D eigenvalue weighted by molar-refractivity contribution is -0.147. The molecule has 0 bridgehead atoms. The van der Waals surface area contributed by atoms with Crippen molar-refractivity contribution < 1.29 is 9.47 Å². The van der Waals surface area contributed by atoms with Crippen LogP contribution in [0.15, 0.2) is 24.3 Å². The first kappa shape index (κ1) is 9.94. The maximum atomic E-state index is 5.87. The van der Waals surface area contributed by atoms with Crippen molar-refractivity contribution >= 4 is 0 Å². The third kappa shape index (κ3) is 1.43. The predicted octanol–water partition coefficient (Wildman–Crippen LogP) is 2.66. The molecule has 0 N–H and O–H groups in total. The zero-order valence-corrected chi connectivity index (χ0v) is 9.12. The number of fused-ring (bicyclic) bond motifs is 1. The van der Waals surface area contributed by atoms with E-state index in [1.54, 1.807) is 0 Å². The largest absolute Gasteiger partial charge is 0.343 e. The van der Waals surface area contributed by atoms with E-state index < -0.39 is 5.79 Å². The fraction of sp³-hybridized carbons (Fsp3) is 0.667. The van der Waals surface area contributed by atoms with Gasteiger partial charge in [-0.05, 0) is 25.8 Å². The Bertz CT molecular complexity index is 278. The van der Waals surface area contributed by atoms with Gasteiger partial charge in [0.15, 0.2) is 5.79 Å². The van der Waals surface area contributed by atoms with Crippen LogP contribution in [0.1, 0.15) is 27.2 Å². The molecule has 2 heteroatoms. The normalized spacial score (nSPS) is 39.4. The molecule has 2 rings (SSSR count). The SMILES string of the molecule is C=C[C@@H]1C=C(CC)[C@H]2OC(C)(C)O[C@@H]12. The predicted molar refractivity (Wildman–Crippen MR) is 55.9 cm³/mol. The number of ether oxygens (including phenoxy) is 2. The Kier molecular flexibility index (Phi) is 2.28. The van der Waals surface area contributed by atoms with Crippen molar-refractivity contribution in [2.24, 2.45) is 5.92 Å². The van der Waals surface area contributed by atoms with Crippen molar-refractivity contribution in [2.45, 2.75) is 45.2 Å². The Morgan fingerprint density at radius 3 is 2.79 bits per heavy atom. The van der Waals surface area contributed by atoms with Gasteiger partial charge in [-0.2, -0.15) is 0 Å². The number of hydrogen-bond donors (Lipinski definition) is 0. The van der Waals surface area contributed by atoms with E-state index in [9.17, 15) is 0 Å². The summed E-state index contributed by atoms with van der Waals surface area (Å²) in [5, 5.41) is 0. The van der Waals surface area contributed by atoms with Crippen LogP contribution in [0.25, 0.3) is 0 Å². The van der Waals surface area contributed by atoms with Gasteiger partial charge in [0.05, 0.1) is 0 Å². The van der Waals surface area contributed by atoms with E-state index in [0.717, 1.165) is 6.42 Å². The molecule has 1 aliphatic carbocycles. The van der Waals surface area contributed by atoms with Crippen LogP contribution in [0.3, 0.4) is 0 Å². The van der Waals surface area contributed by atoms with Gasteiger partial charge in [0.25, 0.3) is 0 Å². The van der Waals surface area contributed by atoms with Gasteiger partial charge in [0.2, 0.25) is 0 Å². The highest BCUT2D eigenvalue weighted by Gasteiger charge is 2.48. The van der Waals surface area contributed by atoms with E-state index in [1.807, 2.05) is 19.9 Å². The van der Waals surface area contributed by atoms with Crippen LogP contribution in [0.2, 0.25) is 0 Å². The van der Waals surface area contributed by atoms with E-state index in [0.29, 0.717) is 5.92 Å². The van der Waals surface area contributed by atoms with Gasteiger partial charge >= 0.3 is 0 Å². The van der Waals surface area contributed by atoms with Crippen LogP contribution in [0, 0.1) is 5.92 Å². The molecule has 1 fully saturated rings. The van der Waals surface area contributed by atoms with Gasteiger partial charge in [0, 0.05) is 5.92 Å². The second kappa shape index (κ2) is 3.21. The minimum absolute atomic E-state index is 0.150. The van der Waals surface area contributed by atoms with Crippen molar-refractivity contribution in [3.63, 3.8) is 0 Å². The summed E-state index contributed by atoms with van der Waals surface area (Å²) in [6.45, 7) is 9.94. The molecule has 3 atom stereocenters. The van der Waals surface area contributed by atoms with Gasteiger partial charge in [-0.3, -0.25) is 0 Å². The summed E-state index contributed by atoms with van der Waals surface area (Å²) in [5.74, 6) is -0.123. The van der Waals surface area contributed by atoms with E-state index in [4.69, 9.17) is 9.47 Å². The molecule has 0 aromatic rings. The molecule has 14 heavy (non-hydrogen) atoms. The highest BCUT2D eigenvalue weighted by molar-refractivity contribution is 5.26. The molecule has 0 unspecified atom stereocenters. The Hall–Kier alpha value is -0.600.